The first-order valence-electron chi connectivity index (χ1n) is 6.53. The van der Waals surface area contributed by atoms with Crippen molar-refractivity contribution in [1.82, 2.24) is 10.6 Å². The van der Waals surface area contributed by atoms with Crippen molar-refractivity contribution in [3.8, 4) is 0 Å². The Morgan fingerprint density at radius 2 is 2.06 bits per heavy atom. The van der Waals surface area contributed by atoms with E-state index in [2.05, 4.69) is 17.6 Å². The van der Waals surface area contributed by atoms with Crippen molar-refractivity contribution < 1.29 is 18.0 Å². The van der Waals surface area contributed by atoms with Gasteiger partial charge in [0.1, 0.15) is 6.04 Å². The normalized spacial score (nSPS) is 24.9. The highest BCUT2D eigenvalue weighted by Gasteiger charge is 2.41. The summed E-state index contributed by atoms with van der Waals surface area (Å²) in [5.74, 6) is -0.0549. The molecule has 1 aliphatic rings. The highest BCUT2D eigenvalue weighted by molar-refractivity contribution is 5.76. The summed E-state index contributed by atoms with van der Waals surface area (Å²) in [7, 11) is 0. The highest BCUT2D eigenvalue weighted by Crippen LogP contribution is 2.26. The second kappa shape index (κ2) is 6.97. The van der Waals surface area contributed by atoms with Crippen molar-refractivity contribution >= 4 is 5.91 Å². The van der Waals surface area contributed by atoms with Gasteiger partial charge >= 0.3 is 6.18 Å². The molecule has 1 heterocycles. The lowest BCUT2D eigenvalue weighted by atomic mass is 10.00. The van der Waals surface area contributed by atoms with E-state index in [4.69, 9.17) is 0 Å². The standard InChI is InChI=1S/C12H21F3N2O/c1-2-3-4-5-11(18)17-9-6-7-10(16-8-9)12(13,14)15/h9-10,16H,2-8H2,1H3,(H,17,18). The van der Waals surface area contributed by atoms with Gasteiger partial charge in [0, 0.05) is 19.0 Å². The molecule has 1 rings (SSSR count). The summed E-state index contributed by atoms with van der Waals surface area (Å²) in [5, 5.41) is 5.22. The van der Waals surface area contributed by atoms with E-state index in [9.17, 15) is 18.0 Å². The van der Waals surface area contributed by atoms with Gasteiger partial charge in [0.15, 0.2) is 0 Å². The van der Waals surface area contributed by atoms with Crippen LogP contribution in [0.1, 0.15) is 45.4 Å². The van der Waals surface area contributed by atoms with Gasteiger partial charge in [0.05, 0.1) is 0 Å². The number of rotatable bonds is 5. The fourth-order valence-corrected chi connectivity index (χ4v) is 2.09. The van der Waals surface area contributed by atoms with Crippen molar-refractivity contribution in [3.63, 3.8) is 0 Å². The molecule has 1 saturated heterocycles. The van der Waals surface area contributed by atoms with E-state index in [1.807, 2.05) is 0 Å². The van der Waals surface area contributed by atoms with E-state index in [-0.39, 0.29) is 24.9 Å². The molecular weight excluding hydrogens is 245 g/mol. The van der Waals surface area contributed by atoms with E-state index >= 15 is 0 Å². The minimum Gasteiger partial charge on any atom is -0.352 e. The molecule has 0 radical (unpaired) electrons. The van der Waals surface area contributed by atoms with Crippen LogP contribution in [0.3, 0.4) is 0 Å². The van der Waals surface area contributed by atoms with Crippen LogP contribution >= 0.6 is 0 Å². The topological polar surface area (TPSA) is 41.1 Å². The zero-order valence-electron chi connectivity index (χ0n) is 10.6. The largest absolute Gasteiger partial charge is 0.403 e. The molecule has 0 aromatic rings. The quantitative estimate of drug-likeness (QED) is 0.750. The van der Waals surface area contributed by atoms with Crippen LogP contribution in [0.5, 0.6) is 0 Å². The van der Waals surface area contributed by atoms with Crippen LogP contribution in [0.4, 0.5) is 13.2 Å². The monoisotopic (exact) mass is 266 g/mol. The molecule has 1 fully saturated rings. The van der Waals surface area contributed by atoms with Gasteiger partial charge in [-0.05, 0) is 19.3 Å². The maximum atomic E-state index is 12.4. The molecule has 0 aliphatic carbocycles. The summed E-state index contributed by atoms with van der Waals surface area (Å²) in [6.07, 6.45) is -0.408. The van der Waals surface area contributed by atoms with Gasteiger partial charge in [-0.1, -0.05) is 19.8 Å². The fourth-order valence-electron chi connectivity index (χ4n) is 2.09. The predicted octanol–water partition coefficient (Wildman–Crippen LogP) is 2.37. The number of amides is 1. The third kappa shape index (κ3) is 5.25. The minimum atomic E-state index is -4.18. The van der Waals surface area contributed by atoms with Crippen LogP contribution in [0.15, 0.2) is 0 Å². The van der Waals surface area contributed by atoms with Gasteiger partial charge in [0.25, 0.3) is 0 Å². The Bertz CT molecular complexity index is 261. The number of unbranched alkanes of at least 4 members (excludes halogenated alkanes) is 2. The van der Waals surface area contributed by atoms with Gasteiger partial charge in [0.2, 0.25) is 5.91 Å². The van der Waals surface area contributed by atoms with Gasteiger partial charge in [-0.15, -0.1) is 0 Å². The van der Waals surface area contributed by atoms with Crippen molar-refractivity contribution in [3.05, 3.63) is 0 Å². The van der Waals surface area contributed by atoms with Gasteiger partial charge < -0.3 is 10.6 Å². The van der Waals surface area contributed by atoms with E-state index < -0.39 is 12.2 Å². The first-order chi connectivity index (χ1) is 8.43. The third-order valence-electron chi connectivity index (χ3n) is 3.18. The maximum absolute atomic E-state index is 12.4. The Labute approximate surface area is 106 Å². The number of hydrogen-bond donors (Lipinski definition) is 2. The molecule has 0 bridgehead atoms. The summed E-state index contributed by atoms with van der Waals surface area (Å²) >= 11 is 0. The molecule has 0 spiro atoms. The second-order valence-electron chi connectivity index (χ2n) is 4.80. The Morgan fingerprint density at radius 3 is 2.56 bits per heavy atom. The third-order valence-corrected chi connectivity index (χ3v) is 3.18. The van der Waals surface area contributed by atoms with Gasteiger partial charge in [-0.2, -0.15) is 13.2 Å². The molecule has 2 unspecified atom stereocenters. The lowest BCUT2D eigenvalue weighted by Gasteiger charge is -2.31. The summed E-state index contributed by atoms with van der Waals surface area (Å²) in [5.41, 5.74) is 0. The molecule has 0 aromatic heterocycles. The first kappa shape index (κ1) is 15.3. The zero-order chi connectivity index (χ0) is 13.6. The molecule has 106 valence electrons. The lowest BCUT2D eigenvalue weighted by molar-refractivity contribution is -0.161. The molecule has 0 aromatic carbocycles. The molecule has 2 atom stereocenters. The first-order valence-corrected chi connectivity index (χ1v) is 6.53. The number of halogens is 3. The number of piperidine rings is 1. The Balaban J connectivity index is 2.21. The van der Waals surface area contributed by atoms with Crippen LogP contribution in [-0.2, 0) is 4.79 Å². The number of carbonyl (C=O) groups is 1. The molecule has 6 heteroatoms. The summed E-state index contributed by atoms with van der Waals surface area (Å²) < 4.78 is 37.2. The summed E-state index contributed by atoms with van der Waals surface area (Å²) in [6, 6.07) is -1.59. The molecular formula is C12H21F3N2O. The van der Waals surface area contributed by atoms with Crippen molar-refractivity contribution in [1.29, 1.82) is 0 Å². The van der Waals surface area contributed by atoms with Crippen molar-refractivity contribution in [2.75, 3.05) is 6.54 Å². The maximum Gasteiger partial charge on any atom is 0.403 e. The molecule has 2 N–H and O–H groups in total. The SMILES string of the molecule is CCCCCC(=O)NC1CCC(C(F)(F)F)NC1. The van der Waals surface area contributed by atoms with E-state index in [0.717, 1.165) is 19.3 Å². The number of hydrogen-bond acceptors (Lipinski definition) is 2. The molecule has 3 nitrogen and oxygen atoms in total. The van der Waals surface area contributed by atoms with E-state index in [1.54, 1.807) is 0 Å². The van der Waals surface area contributed by atoms with Crippen LogP contribution < -0.4 is 10.6 Å². The van der Waals surface area contributed by atoms with Gasteiger partial charge in [-0.3, -0.25) is 4.79 Å². The van der Waals surface area contributed by atoms with Crippen LogP contribution in [0.25, 0.3) is 0 Å². The van der Waals surface area contributed by atoms with Crippen LogP contribution in [0.2, 0.25) is 0 Å². The van der Waals surface area contributed by atoms with Crippen molar-refractivity contribution in [2.45, 2.75) is 63.7 Å². The molecule has 1 amide bonds. The van der Waals surface area contributed by atoms with Gasteiger partial charge in [-0.25, -0.2) is 0 Å². The zero-order valence-corrected chi connectivity index (χ0v) is 10.6. The molecule has 1 aliphatic heterocycles. The summed E-state index contributed by atoms with van der Waals surface area (Å²) in [4.78, 5) is 11.5. The van der Waals surface area contributed by atoms with E-state index in [1.165, 1.54) is 0 Å². The Morgan fingerprint density at radius 1 is 1.33 bits per heavy atom. The van der Waals surface area contributed by atoms with Crippen molar-refractivity contribution in [2.24, 2.45) is 0 Å². The Hall–Kier alpha value is -0.780. The minimum absolute atomic E-state index is 0.0312. The molecule has 0 saturated carbocycles. The second-order valence-corrected chi connectivity index (χ2v) is 4.80. The number of nitrogens with one attached hydrogen (secondary N) is 2. The van der Waals surface area contributed by atoms with Crippen LogP contribution in [-0.4, -0.2) is 30.7 Å². The smallest absolute Gasteiger partial charge is 0.352 e. The fraction of sp³-hybridized carbons (Fsp3) is 0.917. The highest BCUT2D eigenvalue weighted by atomic mass is 19.4. The van der Waals surface area contributed by atoms with E-state index in [0.29, 0.717) is 12.8 Å². The summed E-state index contributed by atoms with van der Waals surface area (Å²) in [6.45, 7) is 2.25. The average Bonchev–Trinajstić information content (AvgIpc) is 2.29. The number of carbonyl (C=O) groups excluding carboxylic acids is 1. The molecule has 18 heavy (non-hydrogen) atoms. The lowest BCUT2D eigenvalue weighted by Crippen LogP contribution is -2.54. The Kier molecular flexibility index (Phi) is 5.91. The predicted molar refractivity (Wildman–Crippen MR) is 63.2 cm³/mol. The number of alkyl halides is 3. The average molecular weight is 266 g/mol. The van der Waals surface area contributed by atoms with Crippen LogP contribution in [0, 0.1) is 0 Å².